The van der Waals surface area contributed by atoms with Crippen molar-refractivity contribution in [3.8, 4) is 5.75 Å². The second kappa shape index (κ2) is 5.70. The first-order valence-electron chi connectivity index (χ1n) is 9.03. The number of fused-ring (bicyclic) bond motifs is 1. The van der Waals surface area contributed by atoms with Crippen LogP contribution in [0.2, 0.25) is 0 Å². The molecule has 0 unspecified atom stereocenters. The number of benzene rings is 1. The van der Waals surface area contributed by atoms with Gasteiger partial charge < -0.3 is 14.5 Å². The summed E-state index contributed by atoms with van der Waals surface area (Å²) in [6, 6.07) is 10.0. The second-order valence-electron chi connectivity index (χ2n) is 7.61. The highest BCUT2D eigenvalue weighted by Gasteiger charge is 2.53. The molecule has 138 valence electrons. The molecular formula is C20H21N5O2. The normalized spacial score (nSPS) is 17.7. The van der Waals surface area contributed by atoms with Gasteiger partial charge in [-0.1, -0.05) is 0 Å². The first-order valence-corrected chi connectivity index (χ1v) is 9.03. The molecule has 2 aliphatic rings. The molecule has 1 spiro atoms. The quantitative estimate of drug-likeness (QED) is 0.712. The third-order valence-corrected chi connectivity index (χ3v) is 5.68. The molecule has 2 saturated heterocycles. The van der Waals surface area contributed by atoms with Gasteiger partial charge in [-0.15, -0.1) is 0 Å². The number of carbonyl (C=O) groups is 1. The molecule has 0 atom stereocenters. The molecule has 7 nitrogen and oxygen atoms in total. The van der Waals surface area contributed by atoms with Crippen LogP contribution in [0, 0.1) is 5.41 Å². The highest BCUT2D eigenvalue weighted by atomic mass is 16.5. The zero-order chi connectivity index (χ0) is 18.6. The summed E-state index contributed by atoms with van der Waals surface area (Å²) in [5.41, 5.74) is 3.76. The van der Waals surface area contributed by atoms with Gasteiger partial charge in [0.05, 0.1) is 24.4 Å². The van der Waals surface area contributed by atoms with E-state index in [1.807, 2.05) is 30.1 Å². The number of hydrogen-bond donors (Lipinski definition) is 0. The molecule has 4 heterocycles. The van der Waals surface area contributed by atoms with Gasteiger partial charge in [0, 0.05) is 50.5 Å². The van der Waals surface area contributed by atoms with Crippen LogP contribution < -0.4 is 9.64 Å². The standard InChI is InChI=1S/C20H21N5O2/c1-23-18-7-14(8-21-17(18)9-22-23)19(26)25-12-20(13-25)10-24(11-20)15-3-5-16(27-2)6-4-15/h3-9H,10-13H2,1-2H3. The lowest BCUT2D eigenvalue weighted by molar-refractivity contribution is -0.0105. The number of nitrogens with zero attached hydrogens (tertiary/aromatic N) is 5. The minimum absolute atomic E-state index is 0.0547. The van der Waals surface area contributed by atoms with Crippen molar-refractivity contribution < 1.29 is 9.53 Å². The summed E-state index contributed by atoms with van der Waals surface area (Å²) in [5.74, 6) is 0.924. The predicted molar refractivity (Wildman–Crippen MR) is 102 cm³/mol. The monoisotopic (exact) mass is 363 g/mol. The number of aryl methyl sites for hydroxylation is 1. The van der Waals surface area contributed by atoms with Crippen molar-refractivity contribution in [2.24, 2.45) is 12.5 Å². The van der Waals surface area contributed by atoms with E-state index in [1.54, 1.807) is 24.2 Å². The van der Waals surface area contributed by atoms with Gasteiger partial charge >= 0.3 is 0 Å². The van der Waals surface area contributed by atoms with Crippen LogP contribution in [0.5, 0.6) is 5.75 Å². The Morgan fingerprint density at radius 3 is 2.56 bits per heavy atom. The molecule has 5 rings (SSSR count). The Hall–Kier alpha value is -3.09. The molecule has 1 amide bonds. The maximum atomic E-state index is 12.8. The fourth-order valence-electron chi connectivity index (χ4n) is 4.17. The van der Waals surface area contributed by atoms with E-state index in [2.05, 4.69) is 27.1 Å². The third-order valence-electron chi connectivity index (χ3n) is 5.68. The minimum Gasteiger partial charge on any atom is -0.497 e. The molecule has 1 aromatic carbocycles. The van der Waals surface area contributed by atoms with Crippen molar-refractivity contribution in [3.63, 3.8) is 0 Å². The van der Waals surface area contributed by atoms with Gasteiger partial charge in [-0.2, -0.15) is 5.10 Å². The molecular weight excluding hydrogens is 342 g/mol. The average molecular weight is 363 g/mol. The van der Waals surface area contributed by atoms with E-state index in [0.717, 1.165) is 43.0 Å². The van der Waals surface area contributed by atoms with E-state index < -0.39 is 0 Å². The van der Waals surface area contributed by atoms with Crippen molar-refractivity contribution in [1.82, 2.24) is 19.7 Å². The zero-order valence-corrected chi connectivity index (χ0v) is 15.4. The lowest BCUT2D eigenvalue weighted by atomic mass is 9.72. The fourth-order valence-corrected chi connectivity index (χ4v) is 4.17. The molecule has 0 radical (unpaired) electrons. The number of methoxy groups -OCH3 is 1. The van der Waals surface area contributed by atoms with E-state index in [9.17, 15) is 4.79 Å². The summed E-state index contributed by atoms with van der Waals surface area (Å²) in [6.07, 6.45) is 3.37. The molecule has 27 heavy (non-hydrogen) atoms. The first kappa shape index (κ1) is 16.1. The van der Waals surface area contributed by atoms with Crippen LogP contribution in [-0.2, 0) is 7.05 Å². The Bertz CT molecular complexity index is 1010. The highest BCUT2D eigenvalue weighted by Crippen LogP contribution is 2.42. The number of likely N-dealkylation sites (tertiary alicyclic amines) is 1. The molecule has 0 bridgehead atoms. The van der Waals surface area contributed by atoms with Gasteiger partial charge in [-0.3, -0.25) is 14.5 Å². The fraction of sp³-hybridized carbons (Fsp3) is 0.350. The van der Waals surface area contributed by atoms with Crippen LogP contribution in [-0.4, -0.2) is 58.9 Å². The summed E-state index contributed by atoms with van der Waals surface area (Å²) in [7, 11) is 3.54. The predicted octanol–water partition coefficient (Wildman–Crippen LogP) is 1.94. The molecule has 7 heteroatoms. The smallest absolute Gasteiger partial charge is 0.255 e. The largest absolute Gasteiger partial charge is 0.497 e. The van der Waals surface area contributed by atoms with E-state index in [1.165, 1.54) is 5.69 Å². The number of ether oxygens (including phenoxy) is 1. The SMILES string of the molecule is COc1ccc(N2CC3(CN(C(=O)c4cnc5cnn(C)c5c4)C3)C2)cc1. The Balaban J connectivity index is 1.22. The van der Waals surface area contributed by atoms with Crippen molar-refractivity contribution in [2.75, 3.05) is 38.2 Å². The van der Waals surface area contributed by atoms with Crippen LogP contribution in [0.4, 0.5) is 5.69 Å². The Kier molecular flexibility index (Phi) is 3.40. The lowest BCUT2D eigenvalue weighted by Crippen LogP contribution is -2.73. The Morgan fingerprint density at radius 1 is 1.11 bits per heavy atom. The topological polar surface area (TPSA) is 63.5 Å². The Labute approximate surface area is 157 Å². The van der Waals surface area contributed by atoms with Crippen molar-refractivity contribution in [3.05, 3.63) is 48.3 Å². The van der Waals surface area contributed by atoms with E-state index >= 15 is 0 Å². The van der Waals surface area contributed by atoms with E-state index in [0.29, 0.717) is 5.56 Å². The number of hydrogen-bond acceptors (Lipinski definition) is 5. The summed E-state index contributed by atoms with van der Waals surface area (Å²) in [5, 5.41) is 4.18. The molecule has 3 aromatic rings. The number of aromatic nitrogens is 3. The van der Waals surface area contributed by atoms with Crippen LogP contribution >= 0.6 is 0 Å². The minimum atomic E-state index is 0.0547. The number of pyridine rings is 1. The number of rotatable bonds is 3. The first-order chi connectivity index (χ1) is 13.1. The van der Waals surface area contributed by atoms with Crippen LogP contribution in [0.1, 0.15) is 10.4 Å². The van der Waals surface area contributed by atoms with Crippen LogP contribution in [0.15, 0.2) is 42.7 Å². The van der Waals surface area contributed by atoms with Gasteiger partial charge in [0.1, 0.15) is 11.3 Å². The summed E-state index contributed by atoms with van der Waals surface area (Å²) >= 11 is 0. The van der Waals surface area contributed by atoms with Gasteiger partial charge in [-0.05, 0) is 30.3 Å². The van der Waals surface area contributed by atoms with E-state index in [4.69, 9.17) is 4.74 Å². The molecule has 2 aromatic heterocycles. The van der Waals surface area contributed by atoms with E-state index in [-0.39, 0.29) is 11.3 Å². The third kappa shape index (κ3) is 2.53. The number of amides is 1. The molecule has 0 saturated carbocycles. The summed E-state index contributed by atoms with van der Waals surface area (Å²) < 4.78 is 6.96. The summed E-state index contributed by atoms with van der Waals surface area (Å²) in [6.45, 7) is 3.59. The highest BCUT2D eigenvalue weighted by molar-refractivity contribution is 5.97. The van der Waals surface area contributed by atoms with Crippen LogP contribution in [0.3, 0.4) is 0 Å². The zero-order valence-electron chi connectivity index (χ0n) is 15.4. The average Bonchev–Trinajstić information content (AvgIpc) is 3.00. The van der Waals surface area contributed by atoms with Gasteiger partial charge in [0.2, 0.25) is 0 Å². The number of anilines is 1. The molecule has 2 aliphatic heterocycles. The van der Waals surface area contributed by atoms with Crippen molar-refractivity contribution in [1.29, 1.82) is 0 Å². The lowest BCUT2D eigenvalue weighted by Gasteiger charge is -2.60. The van der Waals surface area contributed by atoms with Gasteiger partial charge in [-0.25, -0.2) is 0 Å². The maximum Gasteiger partial charge on any atom is 0.255 e. The molecule has 0 aliphatic carbocycles. The van der Waals surface area contributed by atoms with Crippen molar-refractivity contribution >= 4 is 22.6 Å². The van der Waals surface area contributed by atoms with Gasteiger partial charge in [0.15, 0.2) is 0 Å². The molecule has 2 fully saturated rings. The maximum absolute atomic E-state index is 12.8. The molecule has 0 N–H and O–H groups in total. The number of carbonyl (C=O) groups excluding carboxylic acids is 1. The van der Waals surface area contributed by atoms with Gasteiger partial charge in [0.25, 0.3) is 5.91 Å². The van der Waals surface area contributed by atoms with Crippen molar-refractivity contribution in [2.45, 2.75) is 0 Å². The second-order valence-corrected chi connectivity index (χ2v) is 7.61. The van der Waals surface area contributed by atoms with Crippen LogP contribution in [0.25, 0.3) is 11.0 Å². The summed E-state index contributed by atoms with van der Waals surface area (Å²) in [4.78, 5) is 21.4. The Morgan fingerprint density at radius 2 is 1.85 bits per heavy atom.